The van der Waals surface area contributed by atoms with Crippen LogP contribution in [-0.4, -0.2) is 34.5 Å². The smallest absolute Gasteiger partial charge is 0.225 e. The zero-order valence-electron chi connectivity index (χ0n) is 14.3. The molecular formula is C18H23FN4O. The number of anilines is 1. The maximum absolute atomic E-state index is 13.4. The first kappa shape index (κ1) is 16.6. The number of aromatic nitrogens is 2. The van der Waals surface area contributed by atoms with E-state index in [1.165, 1.54) is 18.5 Å². The molecule has 1 aliphatic rings. The van der Waals surface area contributed by atoms with E-state index >= 15 is 0 Å². The third-order valence-corrected chi connectivity index (χ3v) is 4.17. The van der Waals surface area contributed by atoms with Gasteiger partial charge in [0.25, 0.3) is 0 Å². The highest BCUT2D eigenvalue weighted by Gasteiger charge is 2.29. The van der Waals surface area contributed by atoms with Crippen LogP contribution >= 0.6 is 0 Å². The van der Waals surface area contributed by atoms with Crippen molar-refractivity contribution in [2.75, 3.05) is 18.0 Å². The lowest BCUT2D eigenvalue weighted by atomic mass is 9.95. The summed E-state index contributed by atoms with van der Waals surface area (Å²) < 4.78 is 13.4. The van der Waals surface area contributed by atoms with Gasteiger partial charge in [0.2, 0.25) is 5.91 Å². The fourth-order valence-electron chi connectivity index (χ4n) is 3.12. The Bertz CT molecular complexity index is 756. The summed E-state index contributed by atoms with van der Waals surface area (Å²) in [4.78, 5) is 23.1. The fraction of sp³-hybridized carbons (Fsp3) is 0.500. The van der Waals surface area contributed by atoms with Crippen molar-refractivity contribution in [3.63, 3.8) is 0 Å². The summed E-state index contributed by atoms with van der Waals surface area (Å²) in [5.41, 5.74) is 0.347. The summed E-state index contributed by atoms with van der Waals surface area (Å²) >= 11 is 0. The average Bonchev–Trinajstić information content (AvgIpc) is 2.52. The van der Waals surface area contributed by atoms with Gasteiger partial charge >= 0.3 is 0 Å². The van der Waals surface area contributed by atoms with Gasteiger partial charge in [0.05, 0.1) is 11.4 Å². The van der Waals surface area contributed by atoms with Crippen molar-refractivity contribution in [1.82, 2.24) is 15.3 Å². The average molecular weight is 330 g/mol. The lowest BCUT2D eigenvalue weighted by molar-refractivity contribution is -0.126. The van der Waals surface area contributed by atoms with E-state index in [1.54, 1.807) is 6.07 Å². The first-order chi connectivity index (χ1) is 11.3. The van der Waals surface area contributed by atoms with Crippen molar-refractivity contribution in [2.24, 2.45) is 5.92 Å². The van der Waals surface area contributed by atoms with Crippen LogP contribution in [0, 0.1) is 11.7 Å². The van der Waals surface area contributed by atoms with E-state index in [9.17, 15) is 9.18 Å². The number of benzene rings is 1. The van der Waals surface area contributed by atoms with Gasteiger partial charge in [0, 0.05) is 30.1 Å². The molecule has 1 aromatic heterocycles. The Morgan fingerprint density at radius 3 is 2.88 bits per heavy atom. The summed E-state index contributed by atoms with van der Waals surface area (Å²) in [6.45, 7) is 7.40. The number of amides is 1. The molecule has 6 heteroatoms. The minimum absolute atomic E-state index is 0.0663. The Morgan fingerprint density at radius 2 is 2.12 bits per heavy atom. The Kier molecular flexibility index (Phi) is 4.39. The number of piperidine rings is 1. The molecule has 1 aliphatic heterocycles. The van der Waals surface area contributed by atoms with Crippen LogP contribution in [0.1, 0.15) is 33.6 Å². The Morgan fingerprint density at radius 1 is 1.33 bits per heavy atom. The van der Waals surface area contributed by atoms with E-state index < -0.39 is 0 Å². The summed E-state index contributed by atoms with van der Waals surface area (Å²) in [7, 11) is 0. The van der Waals surface area contributed by atoms with E-state index in [0.29, 0.717) is 12.1 Å². The van der Waals surface area contributed by atoms with Crippen LogP contribution in [-0.2, 0) is 4.79 Å². The Labute approximate surface area is 141 Å². The number of rotatable bonds is 2. The monoisotopic (exact) mass is 330 g/mol. The van der Waals surface area contributed by atoms with Crippen LogP contribution in [0.25, 0.3) is 10.9 Å². The molecule has 1 atom stereocenters. The van der Waals surface area contributed by atoms with Gasteiger partial charge in [-0.3, -0.25) is 4.79 Å². The summed E-state index contributed by atoms with van der Waals surface area (Å²) in [6.07, 6.45) is 3.25. The van der Waals surface area contributed by atoms with Gasteiger partial charge in [-0.1, -0.05) is 0 Å². The van der Waals surface area contributed by atoms with Gasteiger partial charge in [-0.05, 0) is 45.7 Å². The van der Waals surface area contributed by atoms with Gasteiger partial charge < -0.3 is 10.2 Å². The molecule has 1 unspecified atom stereocenters. The van der Waals surface area contributed by atoms with Crippen LogP contribution in [0.5, 0.6) is 0 Å². The molecule has 0 aliphatic carbocycles. The molecule has 24 heavy (non-hydrogen) atoms. The van der Waals surface area contributed by atoms with Crippen LogP contribution in [0.4, 0.5) is 10.2 Å². The highest BCUT2D eigenvalue weighted by atomic mass is 19.1. The third-order valence-electron chi connectivity index (χ3n) is 4.17. The van der Waals surface area contributed by atoms with Crippen LogP contribution < -0.4 is 10.2 Å². The van der Waals surface area contributed by atoms with Gasteiger partial charge in [0.1, 0.15) is 18.0 Å². The van der Waals surface area contributed by atoms with Gasteiger partial charge in [0.15, 0.2) is 0 Å². The van der Waals surface area contributed by atoms with E-state index in [2.05, 4.69) is 20.2 Å². The highest BCUT2D eigenvalue weighted by Crippen LogP contribution is 2.28. The molecule has 1 fully saturated rings. The number of halogens is 1. The predicted octanol–water partition coefficient (Wildman–Crippen LogP) is 2.90. The van der Waals surface area contributed by atoms with E-state index in [-0.39, 0.29) is 23.2 Å². The molecule has 0 bridgehead atoms. The topological polar surface area (TPSA) is 58.1 Å². The third kappa shape index (κ3) is 3.63. The largest absolute Gasteiger partial charge is 0.355 e. The second-order valence-corrected chi connectivity index (χ2v) is 7.38. The van der Waals surface area contributed by atoms with Crippen LogP contribution in [0.15, 0.2) is 24.5 Å². The minimum Gasteiger partial charge on any atom is -0.355 e. The fourth-order valence-corrected chi connectivity index (χ4v) is 3.12. The van der Waals surface area contributed by atoms with Crippen LogP contribution in [0.2, 0.25) is 0 Å². The quantitative estimate of drug-likeness (QED) is 0.920. The number of hydrogen-bond acceptors (Lipinski definition) is 4. The van der Waals surface area contributed by atoms with Crippen molar-refractivity contribution in [3.05, 3.63) is 30.3 Å². The van der Waals surface area contributed by atoms with E-state index in [1.807, 2.05) is 20.8 Å². The molecule has 5 nitrogen and oxygen atoms in total. The molecule has 1 aromatic carbocycles. The van der Waals surface area contributed by atoms with E-state index in [4.69, 9.17) is 0 Å². The molecule has 1 N–H and O–H groups in total. The minimum atomic E-state index is -0.312. The SMILES string of the molecule is CC(C)(C)NC(=O)C1CCCN(c2ncnc3cc(F)ccc23)C1. The van der Waals surface area contributed by atoms with E-state index in [0.717, 1.165) is 30.6 Å². The molecular weight excluding hydrogens is 307 g/mol. The van der Waals surface area contributed by atoms with Crippen molar-refractivity contribution < 1.29 is 9.18 Å². The number of carbonyl (C=O) groups is 1. The normalized spacial score (nSPS) is 18.7. The zero-order valence-corrected chi connectivity index (χ0v) is 14.3. The highest BCUT2D eigenvalue weighted by molar-refractivity contribution is 5.89. The number of nitrogens with zero attached hydrogens (tertiary/aromatic N) is 3. The second-order valence-electron chi connectivity index (χ2n) is 7.38. The van der Waals surface area contributed by atoms with Crippen molar-refractivity contribution >= 4 is 22.6 Å². The molecule has 3 rings (SSSR count). The first-order valence-corrected chi connectivity index (χ1v) is 8.31. The summed E-state index contributed by atoms with van der Waals surface area (Å²) in [5.74, 6) is 0.474. The lowest BCUT2D eigenvalue weighted by Gasteiger charge is -2.34. The molecule has 128 valence electrons. The molecule has 0 radical (unpaired) electrons. The number of nitrogens with one attached hydrogen (secondary N) is 1. The second kappa shape index (κ2) is 6.34. The maximum Gasteiger partial charge on any atom is 0.225 e. The van der Waals surface area contributed by atoms with Crippen molar-refractivity contribution in [2.45, 2.75) is 39.2 Å². The predicted molar refractivity (Wildman–Crippen MR) is 92.3 cm³/mol. The van der Waals surface area contributed by atoms with Gasteiger partial charge in [-0.2, -0.15) is 0 Å². The summed E-state index contributed by atoms with van der Waals surface area (Å²) in [6, 6.07) is 4.54. The standard InChI is InChI=1S/C18H23FN4O/c1-18(2,3)22-17(24)12-5-4-8-23(10-12)16-14-7-6-13(19)9-15(14)20-11-21-16/h6-7,9,11-12H,4-5,8,10H2,1-3H3,(H,22,24). The first-order valence-electron chi connectivity index (χ1n) is 8.31. The molecule has 0 saturated carbocycles. The number of fused-ring (bicyclic) bond motifs is 1. The van der Waals surface area contributed by atoms with Gasteiger partial charge in [-0.25, -0.2) is 14.4 Å². The summed E-state index contributed by atoms with van der Waals surface area (Å²) in [5, 5.41) is 3.87. The molecule has 1 saturated heterocycles. The molecule has 2 heterocycles. The number of carbonyl (C=O) groups excluding carboxylic acids is 1. The lowest BCUT2D eigenvalue weighted by Crippen LogP contribution is -2.48. The van der Waals surface area contributed by atoms with Crippen molar-refractivity contribution in [3.8, 4) is 0 Å². The molecule has 2 aromatic rings. The maximum atomic E-state index is 13.4. The van der Waals surface area contributed by atoms with Crippen molar-refractivity contribution in [1.29, 1.82) is 0 Å². The Balaban J connectivity index is 1.84. The Hall–Kier alpha value is -2.24. The molecule has 0 spiro atoms. The zero-order chi connectivity index (χ0) is 17.3. The van der Waals surface area contributed by atoms with Crippen LogP contribution in [0.3, 0.4) is 0 Å². The number of hydrogen-bond donors (Lipinski definition) is 1. The van der Waals surface area contributed by atoms with Gasteiger partial charge in [-0.15, -0.1) is 0 Å². The molecule has 1 amide bonds.